The molecule has 1 aliphatic rings. The Balaban J connectivity index is 1.88. The summed E-state index contributed by atoms with van der Waals surface area (Å²) < 4.78 is 13.0. The second-order valence-corrected chi connectivity index (χ2v) is 8.97. The number of allylic oxidation sites excluding steroid dienone is 1. The third-order valence-corrected chi connectivity index (χ3v) is 6.48. The molecule has 0 radical (unpaired) electrons. The highest BCUT2D eigenvalue weighted by molar-refractivity contribution is 7.07. The van der Waals surface area contributed by atoms with Crippen LogP contribution in [0.15, 0.2) is 82.2 Å². The van der Waals surface area contributed by atoms with Crippen LogP contribution in [0.1, 0.15) is 31.0 Å². The number of nitrogens with zero attached hydrogens (tertiary/aromatic N) is 2. The molecule has 0 aliphatic carbocycles. The van der Waals surface area contributed by atoms with Gasteiger partial charge in [-0.05, 0) is 55.3 Å². The molecular weight excluding hydrogens is 472 g/mol. The molecule has 0 saturated heterocycles. The normalized spacial score (nSPS) is 15.5. The lowest BCUT2D eigenvalue weighted by molar-refractivity contribution is -0.139. The quantitative estimate of drug-likeness (QED) is 0.367. The average molecular weight is 495 g/mol. The smallest absolute Gasteiger partial charge is 0.338 e. The van der Waals surface area contributed by atoms with E-state index in [4.69, 9.17) is 21.1 Å². The molecule has 8 heteroatoms. The highest BCUT2D eigenvalue weighted by atomic mass is 35.5. The van der Waals surface area contributed by atoms with Crippen LogP contribution < -0.4 is 19.6 Å². The van der Waals surface area contributed by atoms with Crippen LogP contribution in [-0.4, -0.2) is 23.8 Å². The number of fused-ring (bicyclic) bond motifs is 1. The number of halogens is 1. The van der Waals surface area contributed by atoms with Crippen molar-refractivity contribution in [1.82, 2.24) is 4.57 Å². The summed E-state index contributed by atoms with van der Waals surface area (Å²) in [6.07, 6.45) is 3.46. The molecule has 1 atom stereocenters. The van der Waals surface area contributed by atoms with E-state index in [2.05, 4.69) is 11.6 Å². The topological polar surface area (TPSA) is 69.9 Å². The van der Waals surface area contributed by atoms with Crippen molar-refractivity contribution < 1.29 is 14.3 Å². The van der Waals surface area contributed by atoms with Crippen LogP contribution in [0.2, 0.25) is 5.02 Å². The molecule has 174 valence electrons. The minimum Gasteiger partial charge on any atom is -0.490 e. The second-order valence-electron chi connectivity index (χ2n) is 7.52. The van der Waals surface area contributed by atoms with Crippen molar-refractivity contribution in [3.63, 3.8) is 0 Å². The Labute approximate surface area is 205 Å². The van der Waals surface area contributed by atoms with Gasteiger partial charge in [-0.15, -0.1) is 0 Å². The summed E-state index contributed by atoms with van der Waals surface area (Å²) in [5, 5.41) is 0.619. The van der Waals surface area contributed by atoms with Gasteiger partial charge in [-0.25, -0.2) is 9.79 Å². The van der Waals surface area contributed by atoms with Crippen LogP contribution in [0.5, 0.6) is 5.75 Å². The van der Waals surface area contributed by atoms with Gasteiger partial charge in [0, 0.05) is 5.02 Å². The van der Waals surface area contributed by atoms with Crippen molar-refractivity contribution in [3.05, 3.63) is 108 Å². The summed E-state index contributed by atoms with van der Waals surface area (Å²) in [5.74, 6) is 0.171. The molecule has 0 amide bonds. The summed E-state index contributed by atoms with van der Waals surface area (Å²) >= 11 is 7.26. The molecule has 3 aromatic rings. The van der Waals surface area contributed by atoms with Crippen LogP contribution >= 0.6 is 22.9 Å². The predicted octanol–water partition coefficient (Wildman–Crippen LogP) is 4.02. The number of esters is 1. The summed E-state index contributed by atoms with van der Waals surface area (Å²) in [6.45, 7) is 7.76. The van der Waals surface area contributed by atoms with Crippen LogP contribution in [-0.2, 0) is 9.53 Å². The molecule has 4 rings (SSSR count). The van der Waals surface area contributed by atoms with Gasteiger partial charge in [0.1, 0.15) is 12.4 Å². The molecule has 0 unspecified atom stereocenters. The van der Waals surface area contributed by atoms with Gasteiger partial charge < -0.3 is 9.47 Å². The van der Waals surface area contributed by atoms with Crippen LogP contribution in [0.25, 0.3) is 6.08 Å². The minimum atomic E-state index is -0.670. The van der Waals surface area contributed by atoms with E-state index in [9.17, 15) is 9.59 Å². The summed E-state index contributed by atoms with van der Waals surface area (Å²) in [5.41, 5.74) is 2.23. The Bertz CT molecular complexity index is 1430. The summed E-state index contributed by atoms with van der Waals surface area (Å²) in [4.78, 5) is 31.6. The first-order valence-corrected chi connectivity index (χ1v) is 11.9. The monoisotopic (exact) mass is 494 g/mol. The van der Waals surface area contributed by atoms with Crippen molar-refractivity contribution in [3.8, 4) is 5.75 Å². The zero-order chi connectivity index (χ0) is 24.2. The molecule has 2 aromatic carbocycles. The highest BCUT2D eigenvalue weighted by Crippen LogP contribution is 2.31. The van der Waals surface area contributed by atoms with Gasteiger partial charge in [0.05, 0.1) is 28.5 Å². The number of hydrogen-bond donors (Lipinski definition) is 0. The number of aromatic nitrogens is 1. The van der Waals surface area contributed by atoms with Crippen molar-refractivity contribution in [2.45, 2.75) is 19.9 Å². The van der Waals surface area contributed by atoms with Crippen LogP contribution in [0.3, 0.4) is 0 Å². The van der Waals surface area contributed by atoms with E-state index in [1.165, 1.54) is 11.3 Å². The third-order valence-electron chi connectivity index (χ3n) is 5.25. The lowest BCUT2D eigenvalue weighted by atomic mass is 9.96. The molecule has 6 nitrogen and oxygen atoms in total. The summed E-state index contributed by atoms with van der Waals surface area (Å²) in [6, 6.07) is 13.9. The summed E-state index contributed by atoms with van der Waals surface area (Å²) in [7, 11) is 0. The third kappa shape index (κ3) is 4.76. The number of ether oxygens (including phenoxy) is 2. The number of thiazole rings is 1. The van der Waals surface area contributed by atoms with Gasteiger partial charge in [0.25, 0.3) is 5.56 Å². The zero-order valence-electron chi connectivity index (χ0n) is 18.8. The molecule has 1 aromatic heterocycles. The number of rotatable bonds is 7. The van der Waals surface area contributed by atoms with E-state index in [1.807, 2.05) is 24.3 Å². The molecule has 0 bridgehead atoms. The first-order valence-electron chi connectivity index (χ1n) is 10.7. The second kappa shape index (κ2) is 10.2. The first kappa shape index (κ1) is 23.7. The minimum absolute atomic E-state index is 0.220. The Morgan fingerprint density at radius 3 is 2.56 bits per heavy atom. The molecule has 2 heterocycles. The molecule has 0 N–H and O–H groups in total. The van der Waals surface area contributed by atoms with Crippen molar-refractivity contribution in [1.29, 1.82) is 0 Å². The van der Waals surface area contributed by atoms with Crippen molar-refractivity contribution in [2.75, 3.05) is 13.2 Å². The fourth-order valence-corrected chi connectivity index (χ4v) is 4.89. The van der Waals surface area contributed by atoms with E-state index in [-0.39, 0.29) is 12.2 Å². The van der Waals surface area contributed by atoms with Gasteiger partial charge in [0.15, 0.2) is 4.80 Å². The van der Waals surface area contributed by atoms with Crippen molar-refractivity contribution >= 4 is 35.0 Å². The molecule has 0 fully saturated rings. The fraction of sp³-hybridized carbons (Fsp3) is 0.192. The Morgan fingerprint density at radius 1 is 1.21 bits per heavy atom. The lowest BCUT2D eigenvalue weighted by Crippen LogP contribution is -2.39. The SMILES string of the molecule is C=CCOc1ccc([C@H]2C(C(=O)OCC)=C(C)N=c3sc(=Cc4ccc(Cl)cc4)c(=O)n32)cc1. The molecule has 0 saturated carbocycles. The lowest BCUT2D eigenvalue weighted by Gasteiger charge is -2.24. The van der Waals surface area contributed by atoms with Gasteiger partial charge in [-0.3, -0.25) is 9.36 Å². The van der Waals surface area contributed by atoms with Gasteiger partial charge in [0.2, 0.25) is 0 Å². The Morgan fingerprint density at radius 2 is 1.91 bits per heavy atom. The van der Waals surface area contributed by atoms with Gasteiger partial charge in [-0.1, -0.05) is 59.9 Å². The van der Waals surface area contributed by atoms with E-state index in [0.717, 1.165) is 11.1 Å². The van der Waals surface area contributed by atoms with Gasteiger partial charge in [-0.2, -0.15) is 0 Å². The number of hydrogen-bond acceptors (Lipinski definition) is 6. The molecule has 0 spiro atoms. The fourth-order valence-electron chi connectivity index (χ4n) is 3.72. The maximum atomic E-state index is 13.6. The number of carbonyl (C=O) groups is 1. The largest absolute Gasteiger partial charge is 0.490 e. The van der Waals surface area contributed by atoms with E-state index >= 15 is 0 Å². The Hall–Kier alpha value is -3.42. The van der Waals surface area contributed by atoms with Gasteiger partial charge >= 0.3 is 5.97 Å². The maximum Gasteiger partial charge on any atom is 0.338 e. The van der Waals surface area contributed by atoms with E-state index < -0.39 is 12.0 Å². The standard InChI is InChI=1S/C26H23ClN2O4S/c1-4-14-33-20-12-8-18(9-13-20)23-22(25(31)32-5-2)16(3)28-26-29(23)24(30)21(34-26)15-17-6-10-19(27)11-7-17/h4,6-13,15,23H,1,5,14H2,2-3H3/t23-/m0/s1. The van der Waals surface area contributed by atoms with Crippen LogP contribution in [0, 0.1) is 0 Å². The van der Waals surface area contributed by atoms with E-state index in [1.54, 1.807) is 54.8 Å². The average Bonchev–Trinajstić information content (AvgIpc) is 3.13. The molecule has 34 heavy (non-hydrogen) atoms. The number of benzene rings is 2. The van der Waals surface area contributed by atoms with Crippen molar-refractivity contribution in [2.24, 2.45) is 4.99 Å². The molecular formula is C26H23ClN2O4S. The zero-order valence-corrected chi connectivity index (χ0v) is 20.4. The van der Waals surface area contributed by atoms with Crippen LogP contribution in [0.4, 0.5) is 0 Å². The maximum absolute atomic E-state index is 13.6. The highest BCUT2D eigenvalue weighted by Gasteiger charge is 2.33. The Kier molecular flexibility index (Phi) is 7.14. The predicted molar refractivity (Wildman–Crippen MR) is 134 cm³/mol. The molecule has 1 aliphatic heterocycles. The number of carbonyl (C=O) groups excluding carboxylic acids is 1. The first-order chi connectivity index (χ1) is 16.4. The van der Waals surface area contributed by atoms with E-state index in [0.29, 0.717) is 38.0 Å².